The Bertz CT molecular complexity index is 526. The van der Waals surface area contributed by atoms with Gasteiger partial charge in [-0.3, -0.25) is 4.90 Å². The SMILES string of the molecule is CN1C2C=C(c3cccc([Si](C)(C)C)c3)CC1CCC2. The summed E-state index contributed by atoms with van der Waals surface area (Å²) in [6.07, 6.45) is 7.89. The van der Waals surface area contributed by atoms with Crippen LogP contribution in [0.1, 0.15) is 31.2 Å². The molecular weight excluding hydrogens is 258 g/mol. The summed E-state index contributed by atoms with van der Waals surface area (Å²) in [6, 6.07) is 10.8. The number of piperidine rings is 1. The van der Waals surface area contributed by atoms with E-state index in [2.05, 4.69) is 61.9 Å². The standard InChI is InChI=1S/C18H27NSi/c1-19-16-8-6-9-17(19)12-15(11-16)14-7-5-10-18(13-14)20(2,3)4/h5,7,10-11,13,16-17H,6,8-9,12H2,1-4H3. The fourth-order valence-electron chi connectivity index (χ4n) is 3.64. The molecule has 2 bridgehead atoms. The number of hydrogen-bond donors (Lipinski definition) is 0. The van der Waals surface area contributed by atoms with E-state index in [1.165, 1.54) is 31.2 Å². The number of likely N-dealkylation sites (N-methyl/N-ethyl adjacent to an activating group) is 1. The molecule has 0 aliphatic carbocycles. The molecule has 108 valence electrons. The zero-order valence-corrected chi connectivity index (χ0v) is 14.3. The van der Waals surface area contributed by atoms with E-state index in [-0.39, 0.29) is 0 Å². The number of benzene rings is 1. The molecule has 2 aliphatic rings. The topological polar surface area (TPSA) is 3.24 Å². The second-order valence-corrected chi connectivity index (χ2v) is 12.6. The highest BCUT2D eigenvalue weighted by Gasteiger charge is 2.31. The number of rotatable bonds is 2. The third-order valence-electron chi connectivity index (χ3n) is 5.08. The highest BCUT2D eigenvalue weighted by atomic mass is 28.3. The molecule has 0 spiro atoms. The van der Waals surface area contributed by atoms with Crippen molar-refractivity contribution in [3.8, 4) is 0 Å². The Hall–Kier alpha value is -0.863. The first-order chi connectivity index (χ1) is 9.45. The molecule has 20 heavy (non-hydrogen) atoms. The van der Waals surface area contributed by atoms with E-state index in [1.54, 1.807) is 10.8 Å². The maximum atomic E-state index is 2.59. The Kier molecular flexibility index (Phi) is 3.63. The maximum absolute atomic E-state index is 2.59. The first-order valence-corrected chi connectivity index (χ1v) is 11.5. The van der Waals surface area contributed by atoms with Gasteiger partial charge >= 0.3 is 0 Å². The molecular formula is C18H27NSi. The summed E-state index contributed by atoms with van der Waals surface area (Å²) in [7, 11) is 1.10. The van der Waals surface area contributed by atoms with Crippen molar-refractivity contribution in [2.45, 2.75) is 57.4 Å². The third-order valence-corrected chi connectivity index (χ3v) is 7.13. The molecule has 0 amide bonds. The Balaban J connectivity index is 1.94. The zero-order valence-electron chi connectivity index (χ0n) is 13.3. The van der Waals surface area contributed by atoms with Gasteiger partial charge in [-0.05, 0) is 37.4 Å². The largest absolute Gasteiger partial charge is 0.297 e. The molecule has 0 N–H and O–H groups in total. The van der Waals surface area contributed by atoms with Crippen molar-refractivity contribution in [1.29, 1.82) is 0 Å². The number of fused-ring (bicyclic) bond motifs is 2. The minimum absolute atomic E-state index is 0.674. The first-order valence-electron chi connectivity index (χ1n) is 7.99. The molecule has 2 heteroatoms. The van der Waals surface area contributed by atoms with Crippen LogP contribution in [0.25, 0.3) is 5.57 Å². The smallest absolute Gasteiger partial charge is 0.0776 e. The molecule has 1 nitrogen and oxygen atoms in total. The van der Waals surface area contributed by atoms with Gasteiger partial charge in [-0.1, -0.05) is 61.6 Å². The third kappa shape index (κ3) is 2.64. The van der Waals surface area contributed by atoms with Crippen LogP contribution in [-0.4, -0.2) is 32.1 Å². The van der Waals surface area contributed by atoms with E-state index in [0.717, 1.165) is 6.04 Å². The fourth-order valence-corrected chi connectivity index (χ4v) is 4.83. The summed E-state index contributed by atoms with van der Waals surface area (Å²) in [5.74, 6) is 0. The van der Waals surface area contributed by atoms with Gasteiger partial charge in [-0.25, -0.2) is 0 Å². The summed E-state index contributed by atoms with van der Waals surface area (Å²) >= 11 is 0. The predicted octanol–water partition coefficient (Wildman–Crippen LogP) is 3.87. The molecule has 2 aliphatic heterocycles. The van der Waals surface area contributed by atoms with E-state index in [1.807, 2.05) is 0 Å². The Morgan fingerprint density at radius 1 is 1.15 bits per heavy atom. The second-order valence-electron chi connectivity index (χ2n) is 7.54. The monoisotopic (exact) mass is 285 g/mol. The molecule has 1 aromatic carbocycles. The van der Waals surface area contributed by atoms with Crippen LogP contribution in [0.2, 0.25) is 19.6 Å². The van der Waals surface area contributed by atoms with E-state index in [0.29, 0.717) is 6.04 Å². The summed E-state index contributed by atoms with van der Waals surface area (Å²) in [4.78, 5) is 2.59. The van der Waals surface area contributed by atoms with Crippen molar-refractivity contribution in [1.82, 2.24) is 4.90 Å². The van der Waals surface area contributed by atoms with Gasteiger partial charge < -0.3 is 0 Å². The average molecular weight is 286 g/mol. The summed E-state index contributed by atoms with van der Waals surface area (Å²) < 4.78 is 0. The minimum Gasteiger partial charge on any atom is -0.297 e. The number of hydrogen-bond acceptors (Lipinski definition) is 1. The van der Waals surface area contributed by atoms with Gasteiger partial charge in [0.2, 0.25) is 0 Å². The van der Waals surface area contributed by atoms with Crippen molar-refractivity contribution in [2.75, 3.05) is 7.05 Å². The molecule has 1 saturated heterocycles. The Morgan fingerprint density at radius 2 is 1.95 bits per heavy atom. The van der Waals surface area contributed by atoms with Crippen LogP contribution >= 0.6 is 0 Å². The lowest BCUT2D eigenvalue weighted by molar-refractivity contribution is 0.137. The van der Waals surface area contributed by atoms with Crippen molar-refractivity contribution in [2.24, 2.45) is 0 Å². The van der Waals surface area contributed by atoms with Gasteiger partial charge in [0.05, 0.1) is 8.07 Å². The highest BCUT2D eigenvalue weighted by molar-refractivity contribution is 6.88. The van der Waals surface area contributed by atoms with Crippen molar-refractivity contribution in [3.63, 3.8) is 0 Å². The Labute approximate surface area is 124 Å². The molecule has 1 fully saturated rings. The lowest BCUT2D eigenvalue weighted by atomic mass is 9.83. The summed E-state index contributed by atoms with van der Waals surface area (Å²) in [5, 5.41) is 1.58. The lowest BCUT2D eigenvalue weighted by Crippen LogP contribution is -2.45. The van der Waals surface area contributed by atoms with Gasteiger partial charge in [0.15, 0.2) is 0 Å². The van der Waals surface area contributed by atoms with Crippen LogP contribution in [0, 0.1) is 0 Å². The fraction of sp³-hybridized carbons (Fsp3) is 0.556. The Morgan fingerprint density at radius 3 is 2.65 bits per heavy atom. The lowest BCUT2D eigenvalue weighted by Gasteiger charge is -2.43. The highest BCUT2D eigenvalue weighted by Crippen LogP contribution is 2.35. The molecule has 0 saturated carbocycles. The molecule has 3 rings (SSSR count). The van der Waals surface area contributed by atoms with Gasteiger partial charge in [-0.15, -0.1) is 0 Å². The quantitative estimate of drug-likeness (QED) is 0.746. The predicted molar refractivity (Wildman–Crippen MR) is 91.2 cm³/mol. The number of nitrogens with zero attached hydrogens (tertiary/aromatic N) is 1. The van der Waals surface area contributed by atoms with Gasteiger partial charge in [0.25, 0.3) is 0 Å². The van der Waals surface area contributed by atoms with Crippen LogP contribution in [-0.2, 0) is 0 Å². The van der Waals surface area contributed by atoms with E-state index in [4.69, 9.17) is 0 Å². The molecule has 2 atom stereocenters. The average Bonchev–Trinajstić information content (AvgIpc) is 2.37. The molecule has 0 radical (unpaired) electrons. The zero-order chi connectivity index (χ0) is 14.3. The molecule has 2 unspecified atom stereocenters. The van der Waals surface area contributed by atoms with Gasteiger partial charge in [-0.2, -0.15) is 0 Å². The van der Waals surface area contributed by atoms with Crippen LogP contribution in [0.5, 0.6) is 0 Å². The van der Waals surface area contributed by atoms with Crippen LogP contribution in [0.4, 0.5) is 0 Å². The first kappa shape index (κ1) is 14.1. The van der Waals surface area contributed by atoms with Crippen LogP contribution < -0.4 is 5.19 Å². The molecule has 2 heterocycles. The van der Waals surface area contributed by atoms with E-state index >= 15 is 0 Å². The molecule has 0 aromatic heterocycles. The van der Waals surface area contributed by atoms with Gasteiger partial charge in [0, 0.05) is 12.1 Å². The second kappa shape index (κ2) is 5.16. The van der Waals surface area contributed by atoms with Crippen LogP contribution in [0.3, 0.4) is 0 Å². The van der Waals surface area contributed by atoms with E-state index in [9.17, 15) is 0 Å². The molecule has 1 aromatic rings. The van der Waals surface area contributed by atoms with Crippen molar-refractivity contribution in [3.05, 3.63) is 35.9 Å². The van der Waals surface area contributed by atoms with E-state index < -0.39 is 8.07 Å². The van der Waals surface area contributed by atoms with Crippen molar-refractivity contribution < 1.29 is 0 Å². The van der Waals surface area contributed by atoms with Gasteiger partial charge in [0.1, 0.15) is 0 Å². The summed E-state index contributed by atoms with van der Waals surface area (Å²) in [5.41, 5.74) is 3.08. The van der Waals surface area contributed by atoms with Crippen molar-refractivity contribution >= 4 is 18.8 Å². The maximum Gasteiger partial charge on any atom is 0.0776 e. The minimum atomic E-state index is -1.21. The van der Waals surface area contributed by atoms with Crippen LogP contribution in [0.15, 0.2) is 30.3 Å². The normalized spacial score (nSPS) is 27.3. The summed E-state index contributed by atoms with van der Waals surface area (Å²) in [6.45, 7) is 7.30.